The van der Waals surface area contributed by atoms with E-state index in [-0.39, 0.29) is 5.92 Å². The summed E-state index contributed by atoms with van der Waals surface area (Å²) in [5.41, 5.74) is 8.66. The summed E-state index contributed by atoms with van der Waals surface area (Å²) in [6.07, 6.45) is 6.48. The molecule has 1 aromatic carbocycles. The van der Waals surface area contributed by atoms with E-state index in [1.807, 2.05) is 0 Å². The molecule has 0 spiro atoms. The molecule has 102 valence electrons. The van der Waals surface area contributed by atoms with Gasteiger partial charge in [0.05, 0.1) is 0 Å². The Morgan fingerprint density at radius 2 is 2.00 bits per heavy atom. The zero-order chi connectivity index (χ0) is 13.2. The van der Waals surface area contributed by atoms with Crippen LogP contribution >= 0.6 is 0 Å². The van der Waals surface area contributed by atoms with Crippen LogP contribution in [0.4, 0.5) is 0 Å². The molecule has 1 saturated carbocycles. The molecule has 3 atom stereocenters. The van der Waals surface area contributed by atoms with Crippen molar-refractivity contribution in [2.75, 3.05) is 6.54 Å². The van der Waals surface area contributed by atoms with Crippen molar-refractivity contribution in [3.63, 3.8) is 0 Å². The first-order chi connectivity index (χ1) is 9.29. The molecular weight excluding hydrogens is 234 g/mol. The zero-order valence-corrected chi connectivity index (χ0v) is 11.5. The van der Waals surface area contributed by atoms with Gasteiger partial charge < -0.3 is 5.73 Å². The largest absolute Gasteiger partial charge is 0.330 e. The number of fused-ring (bicyclic) bond motifs is 1. The highest BCUT2D eigenvalue weighted by atomic mass is 16.1. The first kappa shape index (κ1) is 12.9. The van der Waals surface area contributed by atoms with Gasteiger partial charge in [0.2, 0.25) is 0 Å². The molecule has 19 heavy (non-hydrogen) atoms. The Bertz CT molecular complexity index is 468. The number of hydrogen-bond acceptors (Lipinski definition) is 2. The lowest BCUT2D eigenvalue weighted by atomic mass is 9.70. The Morgan fingerprint density at radius 3 is 2.79 bits per heavy atom. The molecule has 2 aliphatic rings. The fraction of sp³-hybridized carbons (Fsp3) is 0.588. The number of Topliss-reactive ketones (excluding diaryl/α,β-unsaturated/α-hetero) is 1. The van der Waals surface area contributed by atoms with Gasteiger partial charge in [-0.3, -0.25) is 4.79 Å². The van der Waals surface area contributed by atoms with Crippen LogP contribution in [-0.4, -0.2) is 12.3 Å². The van der Waals surface area contributed by atoms with E-state index in [1.54, 1.807) is 0 Å². The van der Waals surface area contributed by atoms with Gasteiger partial charge in [-0.05, 0) is 48.8 Å². The standard InChI is InChI=1S/C17H23NO/c18-11-13-6-2-4-8-16(13)17(19)10-14-9-12-5-1-3-7-15(12)14/h1,3,5,7,13-14,16H,2,4,6,8-11,18H2. The van der Waals surface area contributed by atoms with Crippen molar-refractivity contribution in [3.8, 4) is 0 Å². The summed E-state index contributed by atoms with van der Waals surface area (Å²) in [4.78, 5) is 12.5. The monoisotopic (exact) mass is 257 g/mol. The summed E-state index contributed by atoms with van der Waals surface area (Å²) >= 11 is 0. The van der Waals surface area contributed by atoms with Crippen molar-refractivity contribution in [2.45, 2.75) is 44.4 Å². The topological polar surface area (TPSA) is 43.1 Å². The molecule has 0 aromatic heterocycles. The molecule has 2 heteroatoms. The van der Waals surface area contributed by atoms with E-state index < -0.39 is 0 Å². The van der Waals surface area contributed by atoms with Gasteiger partial charge in [0, 0.05) is 12.3 Å². The summed E-state index contributed by atoms with van der Waals surface area (Å²) in [7, 11) is 0. The van der Waals surface area contributed by atoms with Gasteiger partial charge >= 0.3 is 0 Å². The van der Waals surface area contributed by atoms with Gasteiger partial charge in [-0.25, -0.2) is 0 Å². The summed E-state index contributed by atoms with van der Waals surface area (Å²) in [5, 5.41) is 0. The number of benzene rings is 1. The molecule has 0 radical (unpaired) electrons. The highest BCUT2D eigenvalue weighted by Gasteiger charge is 2.34. The fourth-order valence-corrected chi connectivity index (χ4v) is 3.85. The molecular formula is C17H23NO. The maximum absolute atomic E-state index is 12.5. The minimum atomic E-state index is 0.242. The smallest absolute Gasteiger partial charge is 0.136 e. The van der Waals surface area contributed by atoms with E-state index in [0.29, 0.717) is 24.2 Å². The first-order valence-corrected chi connectivity index (χ1v) is 7.60. The Morgan fingerprint density at radius 1 is 1.21 bits per heavy atom. The number of rotatable bonds is 4. The van der Waals surface area contributed by atoms with Crippen LogP contribution < -0.4 is 5.73 Å². The molecule has 3 rings (SSSR count). The van der Waals surface area contributed by atoms with Gasteiger partial charge in [-0.15, -0.1) is 0 Å². The van der Waals surface area contributed by atoms with E-state index in [2.05, 4.69) is 24.3 Å². The van der Waals surface area contributed by atoms with Crippen LogP contribution in [0.1, 0.15) is 49.1 Å². The lowest BCUT2D eigenvalue weighted by Gasteiger charge is -2.34. The third kappa shape index (κ3) is 2.46. The second-order valence-electron chi connectivity index (χ2n) is 6.16. The van der Waals surface area contributed by atoms with Crippen LogP contribution in [-0.2, 0) is 11.2 Å². The third-order valence-electron chi connectivity index (χ3n) is 5.03. The predicted molar refractivity (Wildman–Crippen MR) is 77.0 cm³/mol. The second-order valence-corrected chi connectivity index (χ2v) is 6.16. The van der Waals surface area contributed by atoms with E-state index in [1.165, 1.54) is 24.0 Å². The van der Waals surface area contributed by atoms with Gasteiger partial charge in [0.15, 0.2) is 0 Å². The van der Waals surface area contributed by atoms with Gasteiger partial charge in [0.25, 0.3) is 0 Å². The maximum Gasteiger partial charge on any atom is 0.136 e. The predicted octanol–water partition coefficient (Wildman–Crippen LogP) is 3.05. The van der Waals surface area contributed by atoms with Gasteiger partial charge in [-0.1, -0.05) is 37.1 Å². The Hall–Kier alpha value is -1.15. The Kier molecular flexibility index (Phi) is 3.69. The van der Waals surface area contributed by atoms with Crippen molar-refractivity contribution in [2.24, 2.45) is 17.6 Å². The Balaban J connectivity index is 1.63. The Labute approximate surface area is 115 Å². The van der Waals surface area contributed by atoms with Crippen molar-refractivity contribution in [1.82, 2.24) is 0 Å². The molecule has 2 nitrogen and oxygen atoms in total. The summed E-state index contributed by atoms with van der Waals surface area (Å²) in [5.74, 6) is 1.63. The fourth-order valence-electron chi connectivity index (χ4n) is 3.85. The highest BCUT2D eigenvalue weighted by molar-refractivity contribution is 5.82. The van der Waals surface area contributed by atoms with Crippen molar-refractivity contribution in [1.29, 1.82) is 0 Å². The minimum absolute atomic E-state index is 0.242. The molecule has 0 bridgehead atoms. The van der Waals surface area contributed by atoms with Crippen molar-refractivity contribution >= 4 is 5.78 Å². The summed E-state index contributed by atoms with van der Waals surface area (Å²) in [6.45, 7) is 0.678. The van der Waals surface area contributed by atoms with Crippen LogP contribution in [0.3, 0.4) is 0 Å². The van der Waals surface area contributed by atoms with Crippen LogP contribution in [0.25, 0.3) is 0 Å². The highest BCUT2D eigenvalue weighted by Crippen LogP contribution is 2.40. The average Bonchev–Trinajstić information content (AvgIpc) is 2.44. The van der Waals surface area contributed by atoms with Gasteiger partial charge in [0.1, 0.15) is 5.78 Å². The van der Waals surface area contributed by atoms with E-state index >= 15 is 0 Å². The number of nitrogens with two attached hydrogens (primary N) is 1. The minimum Gasteiger partial charge on any atom is -0.330 e. The van der Waals surface area contributed by atoms with E-state index in [9.17, 15) is 4.79 Å². The first-order valence-electron chi connectivity index (χ1n) is 7.60. The lowest BCUT2D eigenvalue weighted by molar-refractivity contribution is -0.126. The molecule has 2 N–H and O–H groups in total. The number of carbonyl (C=O) groups is 1. The van der Waals surface area contributed by atoms with Gasteiger partial charge in [-0.2, -0.15) is 0 Å². The molecule has 1 aromatic rings. The lowest BCUT2D eigenvalue weighted by Crippen LogP contribution is -2.34. The molecule has 3 unspecified atom stereocenters. The number of hydrogen-bond donors (Lipinski definition) is 1. The van der Waals surface area contributed by atoms with E-state index in [4.69, 9.17) is 5.73 Å². The van der Waals surface area contributed by atoms with Crippen molar-refractivity contribution in [3.05, 3.63) is 35.4 Å². The number of ketones is 1. The normalized spacial score (nSPS) is 29.4. The van der Waals surface area contributed by atoms with Crippen LogP contribution in [0.5, 0.6) is 0 Å². The van der Waals surface area contributed by atoms with Crippen molar-refractivity contribution < 1.29 is 4.79 Å². The molecule has 0 aliphatic heterocycles. The van der Waals surface area contributed by atoms with Crippen LogP contribution in [0.15, 0.2) is 24.3 Å². The third-order valence-corrected chi connectivity index (χ3v) is 5.03. The molecule has 1 fully saturated rings. The average molecular weight is 257 g/mol. The summed E-state index contributed by atoms with van der Waals surface area (Å²) < 4.78 is 0. The molecule has 0 heterocycles. The van der Waals surface area contributed by atoms with Crippen LogP contribution in [0.2, 0.25) is 0 Å². The van der Waals surface area contributed by atoms with Crippen LogP contribution in [0, 0.1) is 11.8 Å². The SMILES string of the molecule is NCC1CCCCC1C(=O)CC1Cc2ccccc21. The zero-order valence-electron chi connectivity index (χ0n) is 11.5. The number of carbonyl (C=O) groups excluding carboxylic acids is 1. The second kappa shape index (κ2) is 5.46. The molecule has 0 amide bonds. The quantitative estimate of drug-likeness (QED) is 0.901. The maximum atomic E-state index is 12.5. The molecule has 2 aliphatic carbocycles. The summed E-state index contributed by atoms with van der Waals surface area (Å²) in [6, 6.07) is 8.53. The van der Waals surface area contributed by atoms with E-state index in [0.717, 1.165) is 25.7 Å². The molecule has 0 saturated heterocycles.